The summed E-state index contributed by atoms with van der Waals surface area (Å²) in [5.74, 6) is -1.28. The second-order valence-electron chi connectivity index (χ2n) is 6.15. The number of para-hydroxylation sites is 1. The Labute approximate surface area is 134 Å². The average molecular weight is 321 g/mol. The van der Waals surface area contributed by atoms with E-state index in [9.17, 15) is 14.0 Å². The summed E-state index contributed by atoms with van der Waals surface area (Å²) in [6, 6.07) is 4.64. The number of carboxylic acids is 1. The number of carboxylic acid groups (broad SMARTS) is 1. The SMILES string of the molecule is O=C(O)CC[C@@H]1CCCCN1C(=O)[C@@H]1Cc2cccc(F)c2O1. The van der Waals surface area contributed by atoms with Gasteiger partial charge in [0.1, 0.15) is 0 Å². The number of fused-ring (bicyclic) bond motifs is 1. The Morgan fingerprint density at radius 3 is 2.91 bits per heavy atom. The van der Waals surface area contributed by atoms with E-state index in [0.29, 0.717) is 24.9 Å². The number of hydrogen-bond donors (Lipinski definition) is 1. The van der Waals surface area contributed by atoms with Crippen molar-refractivity contribution < 1.29 is 23.8 Å². The van der Waals surface area contributed by atoms with Crippen LogP contribution >= 0.6 is 0 Å². The van der Waals surface area contributed by atoms with E-state index in [2.05, 4.69) is 0 Å². The molecule has 23 heavy (non-hydrogen) atoms. The third-order valence-corrected chi connectivity index (χ3v) is 4.59. The van der Waals surface area contributed by atoms with Crippen molar-refractivity contribution in [2.75, 3.05) is 6.54 Å². The Balaban J connectivity index is 1.69. The highest BCUT2D eigenvalue weighted by Gasteiger charge is 2.37. The Hall–Kier alpha value is -2.11. The van der Waals surface area contributed by atoms with Crippen LogP contribution in [0.3, 0.4) is 0 Å². The Morgan fingerprint density at radius 1 is 1.35 bits per heavy atom. The molecule has 3 rings (SSSR count). The molecule has 0 spiro atoms. The Kier molecular flexibility index (Phi) is 4.50. The molecule has 6 heteroatoms. The zero-order chi connectivity index (χ0) is 16.4. The van der Waals surface area contributed by atoms with Gasteiger partial charge in [0.15, 0.2) is 17.7 Å². The van der Waals surface area contributed by atoms with Crippen LogP contribution in [0.1, 0.15) is 37.7 Å². The molecule has 0 saturated carbocycles. The summed E-state index contributed by atoms with van der Waals surface area (Å²) in [6.07, 6.45) is 2.88. The minimum absolute atomic E-state index is 0.0504. The molecule has 1 amide bonds. The lowest BCUT2D eigenvalue weighted by Crippen LogP contribution is -2.49. The number of likely N-dealkylation sites (tertiary alicyclic amines) is 1. The molecule has 1 aromatic carbocycles. The number of carbonyl (C=O) groups is 2. The predicted octanol–water partition coefficient (Wildman–Crippen LogP) is 2.38. The maximum absolute atomic E-state index is 13.7. The zero-order valence-electron chi connectivity index (χ0n) is 12.8. The quantitative estimate of drug-likeness (QED) is 0.924. The lowest BCUT2D eigenvalue weighted by atomic mass is 9.96. The van der Waals surface area contributed by atoms with Crippen LogP contribution in [0.4, 0.5) is 4.39 Å². The highest BCUT2D eigenvalue weighted by molar-refractivity contribution is 5.83. The van der Waals surface area contributed by atoms with E-state index in [1.165, 1.54) is 6.07 Å². The summed E-state index contributed by atoms with van der Waals surface area (Å²) < 4.78 is 19.3. The van der Waals surface area contributed by atoms with Crippen LogP contribution in [0.15, 0.2) is 18.2 Å². The summed E-state index contributed by atoms with van der Waals surface area (Å²) in [5, 5.41) is 8.86. The molecule has 0 unspecified atom stereocenters. The monoisotopic (exact) mass is 321 g/mol. The molecule has 2 heterocycles. The Morgan fingerprint density at radius 2 is 2.17 bits per heavy atom. The zero-order valence-corrected chi connectivity index (χ0v) is 12.8. The van der Waals surface area contributed by atoms with Crippen LogP contribution < -0.4 is 4.74 Å². The molecule has 1 N–H and O–H groups in total. The maximum atomic E-state index is 13.7. The molecule has 0 bridgehead atoms. The molecule has 1 saturated heterocycles. The van der Waals surface area contributed by atoms with E-state index in [0.717, 1.165) is 19.3 Å². The first-order valence-electron chi connectivity index (χ1n) is 8.02. The van der Waals surface area contributed by atoms with Gasteiger partial charge in [0.05, 0.1) is 0 Å². The fourth-order valence-corrected chi connectivity index (χ4v) is 3.43. The van der Waals surface area contributed by atoms with Gasteiger partial charge in [-0.15, -0.1) is 0 Å². The van der Waals surface area contributed by atoms with E-state index in [1.54, 1.807) is 17.0 Å². The van der Waals surface area contributed by atoms with Crippen molar-refractivity contribution in [3.63, 3.8) is 0 Å². The smallest absolute Gasteiger partial charge is 0.303 e. The summed E-state index contributed by atoms with van der Waals surface area (Å²) in [5.41, 5.74) is 0.711. The molecule has 0 aromatic heterocycles. The minimum Gasteiger partial charge on any atom is -0.481 e. The van der Waals surface area contributed by atoms with Gasteiger partial charge in [0.25, 0.3) is 5.91 Å². The van der Waals surface area contributed by atoms with Crippen LogP contribution in [0, 0.1) is 5.82 Å². The van der Waals surface area contributed by atoms with Crippen molar-refractivity contribution in [3.05, 3.63) is 29.6 Å². The number of amides is 1. The van der Waals surface area contributed by atoms with Gasteiger partial charge in [-0.3, -0.25) is 9.59 Å². The number of piperidine rings is 1. The highest BCUT2D eigenvalue weighted by Crippen LogP contribution is 2.33. The molecular formula is C17H20FNO4. The van der Waals surface area contributed by atoms with Crippen molar-refractivity contribution in [2.24, 2.45) is 0 Å². The summed E-state index contributed by atoms with van der Waals surface area (Å²) >= 11 is 0. The first kappa shape index (κ1) is 15.8. The average Bonchev–Trinajstić information content (AvgIpc) is 2.98. The number of benzene rings is 1. The van der Waals surface area contributed by atoms with E-state index in [1.807, 2.05) is 0 Å². The molecule has 5 nitrogen and oxygen atoms in total. The summed E-state index contributed by atoms with van der Waals surface area (Å²) in [7, 11) is 0. The number of carbonyl (C=O) groups excluding carboxylic acids is 1. The van der Waals surface area contributed by atoms with Crippen LogP contribution in [0.2, 0.25) is 0 Å². The predicted molar refractivity (Wildman–Crippen MR) is 80.7 cm³/mol. The normalized spacial score (nSPS) is 23.3. The Bertz CT molecular complexity index is 619. The van der Waals surface area contributed by atoms with Crippen molar-refractivity contribution in [2.45, 2.75) is 50.7 Å². The largest absolute Gasteiger partial charge is 0.481 e. The van der Waals surface area contributed by atoms with Gasteiger partial charge in [-0.05, 0) is 31.7 Å². The van der Waals surface area contributed by atoms with E-state index in [4.69, 9.17) is 9.84 Å². The van der Waals surface area contributed by atoms with Crippen molar-refractivity contribution in [3.8, 4) is 5.75 Å². The minimum atomic E-state index is -0.852. The second-order valence-corrected chi connectivity index (χ2v) is 6.15. The highest BCUT2D eigenvalue weighted by atomic mass is 19.1. The third kappa shape index (κ3) is 3.30. The number of hydrogen-bond acceptors (Lipinski definition) is 3. The number of nitrogens with zero attached hydrogens (tertiary/aromatic N) is 1. The summed E-state index contributed by atoms with van der Waals surface area (Å²) in [4.78, 5) is 25.3. The summed E-state index contributed by atoms with van der Waals surface area (Å²) in [6.45, 7) is 0.613. The van der Waals surface area contributed by atoms with Gasteiger partial charge in [-0.25, -0.2) is 4.39 Å². The van der Waals surface area contributed by atoms with E-state index >= 15 is 0 Å². The number of rotatable bonds is 4. The first-order chi connectivity index (χ1) is 11.1. The van der Waals surface area contributed by atoms with Gasteiger partial charge >= 0.3 is 5.97 Å². The van der Waals surface area contributed by atoms with Crippen LogP contribution in [0.25, 0.3) is 0 Å². The number of halogens is 1. The molecule has 0 radical (unpaired) electrons. The van der Waals surface area contributed by atoms with Gasteiger partial charge in [0, 0.05) is 31.0 Å². The van der Waals surface area contributed by atoms with E-state index in [-0.39, 0.29) is 24.1 Å². The van der Waals surface area contributed by atoms with Gasteiger partial charge in [-0.1, -0.05) is 12.1 Å². The first-order valence-corrected chi connectivity index (χ1v) is 8.02. The fraction of sp³-hybridized carbons (Fsp3) is 0.529. The number of aliphatic carboxylic acids is 1. The number of ether oxygens (including phenoxy) is 1. The van der Waals surface area contributed by atoms with Gasteiger partial charge in [0.2, 0.25) is 0 Å². The fourth-order valence-electron chi connectivity index (χ4n) is 3.43. The lowest BCUT2D eigenvalue weighted by Gasteiger charge is -2.36. The molecule has 2 aliphatic heterocycles. The van der Waals surface area contributed by atoms with Crippen LogP contribution in [-0.4, -0.2) is 40.6 Å². The maximum Gasteiger partial charge on any atom is 0.303 e. The van der Waals surface area contributed by atoms with Gasteiger partial charge < -0.3 is 14.7 Å². The molecule has 1 aromatic rings. The van der Waals surface area contributed by atoms with Crippen molar-refractivity contribution in [1.82, 2.24) is 4.90 Å². The van der Waals surface area contributed by atoms with Crippen molar-refractivity contribution >= 4 is 11.9 Å². The molecule has 2 aliphatic rings. The molecular weight excluding hydrogens is 301 g/mol. The third-order valence-electron chi connectivity index (χ3n) is 4.59. The second kappa shape index (κ2) is 6.56. The van der Waals surface area contributed by atoms with Crippen LogP contribution in [-0.2, 0) is 16.0 Å². The van der Waals surface area contributed by atoms with Crippen LogP contribution in [0.5, 0.6) is 5.75 Å². The van der Waals surface area contributed by atoms with Crippen molar-refractivity contribution in [1.29, 1.82) is 0 Å². The molecule has 1 fully saturated rings. The lowest BCUT2D eigenvalue weighted by molar-refractivity contribution is -0.144. The van der Waals surface area contributed by atoms with Gasteiger partial charge in [-0.2, -0.15) is 0 Å². The van der Waals surface area contributed by atoms with E-state index < -0.39 is 17.9 Å². The molecule has 124 valence electrons. The molecule has 2 atom stereocenters. The topological polar surface area (TPSA) is 66.8 Å². The standard InChI is InChI=1S/C17H20FNO4/c18-13-6-3-4-11-10-14(23-16(11)13)17(22)19-9-2-1-5-12(19)7-8-15(20)21/h3-4,6,12,14H,1-2,5,7-10H2,(H,20,21)/t12-,14-/m0/s1. The molecule has 0 aliphatic carbocycles.